The van der Waals surface area contributed by atoms with Gasteiger partial charge in [-0.2, -0.15) is 0 Å². The number of fused-ring (bicyclic) bond motifs is 1. The molecule has 6 heteroatoms. The van der Waals surface area contributed by atoms with Gasteiger partial charge in [0.05, 0.1) is 12.0 Å². The van der Waals surface area contributed by atoms with Crippen LogP contribution in [0.15, 0.2) is 22.8 Å². The molecule has 0 atom stereocenters. The third-order valence-corrected chi connectivity index (χ3v) is 2.82. The second-order valence-electron chi connectivity index (χ2n) is 3.84. The molecule has 0 fully saturated rings. The SMILES string of the molecule is O=C(O)c1nc(-c2ccco2)n2c1CNCC2. The van der Waals surface area contributed by atoms with E-state index in [4.69, 9.17) is 9.52 Å². The molecule has 3 heterocycles. The molecule has 2 aromatic rings. The van der Waals surface area contributed by atoms with E-state index in [1.165, 1.54) is 0 Å². The minimum Gasteiger partial charge on any atom is -0.476 e. The standard InChI is InChI=1S/C11H11N3O3/c15-11(16)9-7-6-12-3-4-14(7)10(13-9)8-2-1-5-17-8/h1-2,5,12H,3-4,6H2,(H,15,16). The van der Waals surface area contributed by atoms with E-state index in [2.05, 4.69) is 10.3 Å². The van der Waals surface area contributed by atoms with E-state index in [-0.39, 0.29) is 5.69 Å². The lowest BCUT2D eigenvalue weighted by molar-refractivity contribution is 0.0689. The predicted octanol–water partition coefficient (Wildman–Crippen LogP) is 0.944. The van der Waals surface area contributed by atoms with Crippen molar-refractivity contribution < 1.29 is 14.3 Å². The van der Waals surface area contributed by atoms with Crippen LogP contribution in [0.5, 0.6) is 0 Å². The number of rotatable bonds is 2. The smallest absolute Gasteiger partial charge is 0.356 e. The van der Waals surface area contributed by atoms with E-state index in [1.54, 1.807) is 18.4 Å². The maximum atomic E-state index is 11.1. The van der Waals surface area contributed by atoms with Gasteiger partial charge >= 0.3 is 5.97 Å². The molecule has 3 rings (SSSR count). The number of aromatic carboxylic acids is 1. The van der Waals surface area contributed by atoms with Crippen LogP contribution in [0, 0.1) is 0 Å². The van der Waals surface area contributed by atoms with Crippen LogP contribution in [0.4, 0.5) is 0 Å². The fraction of sp³-hybridized carbons (Fsp3) is 0.273. The summed E-state index contributed by atoms with van der Waals surface area (Å²) in [5, 5.41) is 12.3. The van der Waals surface area contributed by atoms with Crippen molar-refractivity contribution in [2.75, 3.05) is 6.54 Å². The molecule has 0 saturated heterocycles. The Hall–Kier alpha value is -2.08. The molecule has 2 N–H and O–H groups in total. The van der Waals surface area contributed by atoms with Crippen LogP contribution in [-0.2, 0) is 13.1 Å². The summed E-state index contributed by atoms with van der Waals surface area (Å²) in [5.41, 5.74) is 0.804. The molecule has 88 valence electrons. The lowest BCUT2D eigenvalue weighted by Crippen LogP contribution is -2.29. The van der Waals surface area contributed by atoms with Crippen LogP contribution in [0.25, 0.3) is 11.6 Å². The quantitative estimate of drug-likeness (QED) is 0.807. The molecule has 17 heavy (non-hydrogen) atoms. The fourth-order valence-electron chi connectivity index (χ4n) is 2.07. The summed E-state index contributed by atoms with van der Waals surface area (Å²) in [7, 11) is 0. The van der Waals surface area contributed by atoms with Crippen LogP contribution in [0.3, 0.4) is 0 Å². The minimum absolute atomic E-state index is 0.101. The number of hydrogen-bond acceptors (Lipinski definition) is 4. The number of nitrogens with one attached hydrogen (secondary N) is 1. The van der Waals surface area contributed by atoms with Crippen LogP contribution in [-0.4, -0.2) is 27.2 Å². The van der Waals surface area contributed by atoms with Gasteiger partial charge < -0.3 is 19.4 Å². The largest absolute Gasteiger partial charge is 0.476 e. The molecule has 0 radical (unpaired) electrons. The van der Waals surface area contributed by atoms with Gasteiger partial charge in [0.2, 0.25) is 0 Å². The highest BCUT2D eigenvalue weighted by atomic mass is 16.4. The Morgan fingerprint density at radius 3 is 3.18 bits per heavy atom. The van der Waals surface area contributed by atoms with E-state index in [0.29, 0.717) is 30.4 Å². The van der Waals surface area contributed by atoms with Crippen molar-refractivity contribution in [3.63, 3.8) is 0 Å². The van der Waals surface area contributed by atoms with Gasteiger partial charge in [0.15, 0.2) is 17.3 Å². The maximum absolute atomic E-state index is 11.1. The van der Waals surface area contributed by atoms with Gasteiger partial charge in [-0.25, -0.2) is 9.78 Å². The topological polar surface area (TPSA) is 80.3 Å². The molecule has 0 aliphatic carbocycles. The first-order chi connectivity index (χ1) is 8.27. The van der Waals surface area contributed by atoms with E-state index in [1.807, 2.05) is 4.57 Å². The summed E-state index contributed by atoms with van der Waals surface area (Å²) in [6.45, 7) is 2.02. The van der Waals surface area contributed by atoms with Gasteiger partial charge in [-0.1, -0.05) is 0 Å². The molecule has 2 aromatic heterocycles. The van der Waals surface area contributed by atoms with Gasteiger partial charge in [-0.05, 0) is 12.1 Å². The molecule has 0 amide bonds. The third kappa shape index (κ3) is 1.53. The fourth-order valence-corrected chi connectivity index (χ4v) is 2.07. The Morgan fingerprint density at radius 2 is 2.47 bits per heavy atom. The van der Waals surface area contributed by atoms with Crippen molar-refractivity contribution in [2.45, 2.75) is 13.1 Å². The lowest BCUT2D eigenvalue weighted by Gasteiger charge is -2.17. The summed E-state index contributed by atoms with van der Waals surface area (Å²) in [4.78, 5) is 15.3. The Balaban J connectivity index is 2.19. The molecule has 0 unspecified atom stereocenters. The Kier molecular flexibility index (Phi) is 2.22. The molecule has 1 aliphatic heterocycles. The summed E-state index contributed by atoms with van der Waals surface area (Å²) in [6, 6.07) is 3.54. The highest BCUT2D eigenvalue weighted by Crippen LogP contribution is 2.24. The third-order valence-electron chi connectivity index (χ3n) is 2.82. The average molecular weight is 233 g/mol. The van der Waals surface area contributed by atoms with Crippen molar-refractivity contribution in [3.05, 3.63) is 29.8 Å². The molecule has 6 nitrogen and oxygen atoms in total. The van der Waals surface area contributed by atoms with E-state index < -0.39 is 5.97 Å². The monoisotopic (exact) mass is 233 g/mol. The molecule has 0 spiro atoms. The van der Waals surface area contributed by atoms with Gasteiger partial charge in [0.25, 0.3) is 0 Å². The zero-order valence-corrected chi connectivity index (χ0v) is 9.01. The Bertz CT molecular complexity index is 557. The van der Waals surface area contributed by atoms with Crippen molar-refractivity contribution in [1.82, 2.24) is 14.9 Å². The second-order valence-corrected chi connectivity index (χ2v) is 3.84. The molecule has 0 bridgehead atoms. The number of carboxylic acids is 1. The maximum Gasteiger partial charge on any atom is 0.356 e. The van der Waals surface area contributed by atoms with Crippen molar-refractivity contribution in [2.24, 2.45) is 0 Å². The van der Waals surface area contributed by atoms with Crippen molar-refractivity contribution in [1.29, 1.82) is 0 Å². The summed E-state index contributed by atoms with van der Waals surface area (Å²) >= 11 is 0. The summed E-state index contributed by atoms with van der Waals surface area (Å²) in [5.74, 6) is 0.180. The Labute approximate surface area is 96.9 Å². The molecule has 0 aromatic carbocycles. The van der Waals surface area contributed by atoms with Crippen LogP contribution in [0.1, 0.15) is 16.2 Å². The lowest BCUT2D eigenvalue weighted by atomic mass is 10.2. The van der Waals surface area contributed by atoms with Gasteiger partial charge in [-0.3, -0.25) is 0 Å². The Morgan fingerprint density at radius 1 is 1.59 bits per heavy atom. The second kappa shape index (κ2) is 3.74. The highest BCUT2D eigenvalue weighted by molar-refractivity contribution is 5.87. The van der Waals surface area contributed by atoms with Crippen LogP contribution < -0.4 is 5.32 Å². The van der Waals surface area contributed by atoms with Gasteiger partial charge in [-0.15, -0.1) is 0 Å². The molecular formula is C11H11N3O3. The molecule has 0 saturated carbocycles. The van der Waals surface area contributed by atoms with Crippen LogP contribution in [0.2, 0.25) is 0 Å². The van der Waals surface area contributed by atoms with Crippen molar-refractivity contribution in [3.8, 4) is 11.6 Å². The van der Waals surface area contributed by atoms with Gasteiger partial charge in [0, 0.05) is 19.6 Å². The highest BCUT2D eigenvalue weighted by Gasteiger charge is 2.25. The zero-order chi connectivity index (χ0) is 11.8. The number of furan rings is 1. The number of carboxylic acid groups (broad SMARTS) is 1. The first-order valence-electron chi connectivity index (χ1n) is 5.34. The average Bonchev–Trinajstić information content (AvgIpc) is 2.95. The number of carbonyl (C=O) groups is 1. The summed E-state index contributed by atoms with van der Waals surface area (Å²) < 4.78 is 7.18. The molecule has 1 aliphatic rings. The summed E-state index contributed by atoms with van der Waals surface area (Å²) in [6.07, 6.45) is 1.55. The number of aromatic nitrogens is 2. The number of nitrogens with zero attached hydrogens (tertiary/aromatic N) is 2. The van der Waals surface area contributed by atoms with Gasteiger partial charge in [0.1, 0.15) is 0 Å². The van der Waals surface area contributed by atoms with Crippen LogP contribution >= 0.6 is 0 Å². The minimum atomic E-state index is -1.00. The van der Waals surface area contributed by atoms with Crippen molar-refractivity contribution >= 4 is 5.97 Å². The van der Waals surface area contributed by atoms with E-state index in [9.17, 15) is 4.79 Å². The van der Waals surface area contributed by atoms with E-state index in [0.717, 1.165) is 6.54 Å². The number of hydrogen-bond donors (Lipinski definition) is 2. The number of imidazole rings is 1. The normalized spacial score (nSPS) is 14.6. The zero-order valence-electron chi connectivity index (χ0n) is 9.01. The first-order valence-corrected chi connectivity index (χ1v) is 5.34. The molecular weight excluding hydrogens is 222 g/mol. The van der Waals surface area contributed by atoms with E-state index >= 15 is 0 Å². The first kappa shape index (κ1) is 10.1. The predicted molar refractivity (Wildman–Crippen MR) is 58.6 cm³/mol.